The molecular formula is C66H36N8O4. The van der Waals surface area contributed by atoms with Crippen LogP contribution in [-0.2, 0) is 0 Å². The topological polar surface area (TPSA) is 152 Å². The zero-order chi connectivity index (χ0) is 52.2. The lowest BCUT2D eigenvalue weighted by Crippen LogP contribution is -2.40. The van der Waals surface area contributed by atoms with Gasteiger partial charge < -0.3 is 0 Å². The number of hydrogen-bond donors (Lipinski definition) is 0. The Bertz CT molecular complexity index is 4140. The summed E-state index contributed by atoms with van der Waals surface area (Å²) in [5.74, 6) is -1.75. The number of carbonyl (C=O) groups excluding carboxylic acids is 4. The lowest BCUT2D eigenvalue weighted by Gasteiger charge is -2.30. The molecule has 0 N–H and O–H groups in total. The fourth-order valence-corrected chi connectivity index (χ4v) is 11.3. The second-order valence-electron chi connectivity index (χ2n) is 19.2. The molecule has 78 heavy (non-hydrogen) atoms. The third-order valence-corrected chi connectivity index (χ3v) is 14.9. The Morgan fingerprint density at radius 3 is 0.795 bits per heavy atom. The van der Waals surface area contributed by atoms with E-state index in [1.807, 2.05) is 146 Å². The van der Waals surface area contributed by atoms with E-state index in [1.165, 1.54) is 9.80 Å². The monoisotopic (exact) mass is 1000 g/mol. The molecule has 0 saturated carbocycles. The highest BCUT2D eigenvalue weighted by Gasteiger charge is 2.38. The van der Waals surface area contributed by atoms with Crippen molar-refractivity contribution in [3.05, 3.63) is 241 Å². The predicted octanol–water partition coefficient (Wildman–Crippen LogP) is 13.7. The SMILES string of the molecule is O=C1c2ccc3c4ccc5c6c(ccc(c7ccc(c2c37)C(=O)N1c1ccc(-c2cc(-c3ccccn3)nc(-c3ccccn3)c2)cc1)c64)C(=O)N(c1ccc(-c2cc(-c3ccccn3)nc(-c3ccccn3)c2)cc1)C5=O. The summed E-state index contributed by atoms with van der Waals surface area (Å²) in [6, 6.07) is 60.1. The number of fused-ring (bicyclic) bond motifs is 2. The second kappa shape index (κ2) is 17.3. The maximum atomic E-state index is 14.7. The van der Waals surface area contributed by atoms with Gasteiger partial charge in [0, 0.05) is 57.8 Å². The third-order valence-electron chi connectivity index (χ3n) is 14.9. The van der Waals surface area contributed by atoms with Gasteiger partial charge in [-0.1, -0.05) is 72.8 Å². The van der Waals surface area contributed by atoms with Crippen LogP contribution in [0, 0.1) is 0 Å². The number of hydrogen-bond acceptors (Lipinski definition) is 10. The fraction of sp³-hybridized carbons (Fsp3) is 0. The van der Waals surface area contributed by atoms with Crippen LogP contribution in [0.2, 0.25) is 0 Å². The zero-order valence-corrected chi connectivity index (χ0v) is 41.0. The molecule has 13 aromatic rings. The lowest BCUT2D eigenvalue weighted by atomic mass is 9.82. The van der Waals surface area contributed by atoms with Gasteiger partial charge in [0.15, 0.2) is 0 Å². The maximum Gasteiger partial charge on any atom is 0.265 e. The molecule has 2 aliphatic heterocycles. The largest absolute Gasteiger partial charge is 0.268 e. The summed E-state index contributed by atoms with van der Waals surface area (Å²) in [5, 5.41) is 5.90. The Kier molecular flexibility index (Phi) is 9.87. The Labute approximate surface area is 444 Å². The number of amides is 4. The summed E-state index contributed by atoms with van der Waals surface area (Å²) in [6.07, 6.45) is 6.92. The van der Waals surface area contributed by atoms with E-state index in [0.717, 1.165) is 54.6 Å². The van der Waals surface area contributed by atoms with Gasteiger partial charge in [0.2, 0.25) is 0 Å². The molecule has 364 valence electrons. The number of anilines is 2. The van der Waals surface area contributed by atoms with Crippen LogP contribution in [0.5, 0.6) is 0 Å². The van der Waals surface area contributed by atoms with E-state index in [9.17, 15) is 19.2 Å². The summed E-state index contributed by atoms with van der Waals surface area (Å²) in [7, 11) is 0. The second-order valence-corrected chi connectivity index (χ2v) is 19.2. The molecule has 12 heteroatoms. The van der Waals surface area contributed by atoms with Crippen LogP contribution in [-0.4, -0.2) is 53.5 Å². The molecule has 8 heterocycles. The average molecular weight is 1010 g/mol. The van der Waals surface area contributed by atoms with Crippen molar-refractivity contribution in [2.24, 2.45) is 0 Å². The minimum Gasteiger partial charge on any atom is -0.268 e. The van der Waals surface area contributed by atoms with Gasteiger partial charge in [0.1, 0.15) is 0 Å². The molecule has 6 aromatic heterocycles. The van der Waals surface area contributed by atoms with Gasteiger partial charge in [0.25, 0.3) is 23.6 Å². The van der Waals surface area contributed by atoms with Crippen LogP contribution >= 0.6 is 0 Å². The quantitative estimate of drug-likeness (QED) is 0.0817. The first-order chi connectivity index (χ1) is 38.3. The van der Waals surface area contributed by atoms with Gasteiger partial charge in [-0.25, -0.2) is 19.8 Å². The Hall–Kier alpha value is -11.0. The first-order valence-corrected chi connectivity index (χ1v) is 25.2. The average Bonchev–Trinajstić information content (AvgIpc) is 3.68. The molecule has 12 nitrogen and oxygen atoms in total. The van der Waals surface area contributed by atoms with E-state index in [0.29, 0.717) is 90.0 Å². The van der Waals surface area contributed by atoms with Crippen molar-refractivity contribution in [3.63, 3.8) is 0 Å². The minimum atomic E-state index is -0.438. The van der Waals surface area contributed by atoms with E-state index in [1.54, 1.807) is 73.3 Å². The van der Waals surface area contributed by atoms with Crippen LogP contribution in [0.1, 0.15) is 41.4 Å². The number of rotatable bonds is 8. The molecule has 0 fully saturated rings. The van der Waals surface area contributed by atoms with Crippen molar-refractivity contribution >= 4 is 78.1 Å². The van der Waals surface area contributed by atoms with E-state index < -0.39 is 23.6 Å². The highest BCUT2D eigenvalue weighted by Crippen LogP contribution is 2.47. The minimum absolute atomic E-state index is 0.399. The van der Waals surface area contributed by atoms with Crippen molar-refractivity contribution < 1.29 is 19.2 Å². The van der Waals surface area contributed by atoms with Crippen LogP contribution in [0.3, 0.4) is 0 Å². The van der Waals surface area contributed by atoms with E-state index in [4.69, 9.17) is 9.97 Å². The standard InChI is InChI=1S/C66H36N8O4/c75-63-47-25-21-43-45-23-27-49-62-50(66(78)74(65(49)77)42-19-15-38(16-20-42)40-35-57(53-11-3-7-31-69-53)72-58(36-40)54-12-4-8-32-70-54)28-24-46(60(45)62)44-22-26-48(61(47)59(43)44)64(76)73(63)41-17-13-37(14-18-41)39-33-55(51-9-1-5-29-67-51)71-56(34-39)52-10-2-6-30-68-52/h1-36H. The highest BCUT2D eigenvalue weighted by molar-refractivity contribution is 6.45. The fourth-order valence-electron chi connectivity index (χ4n) is 11.3. The maximum absolute atomic E-state index is 14.7. The van der Waals surface area contributed by atoms with Crippen molar-refractivity contribution in [1.82, 2.24) is 29.9 Å². The summed E-state index contributed by atoms with van der Waals surface area (Å²) < 4.78 is 0. The van der Waals surface area contributed by atoms with E-state index in [-0.39, 0.29) is 0 Å². The number of benzene rings is 7. The molecular weight excluding hydrogens is 969 g/mol. The number of pyridine rings is 6. The van der Waals surface area contributed by atoms with Crippen LogP contribution < -0.4 is 9.80 Å². The molecule has 0 unspecified atom stereocenters. The van der Waals surface area contributed by atoms with Crippen LogP contribution in [0.25, 0.3) is 111 Å². The molecule has 2 aliphatic rings. The molecule has 0 bridgehead atoms. The van der Waals surface area contributed by atoms with E-state index >= 15 is 0 Å². The number of aromatic nitrogens is 6. The van der Waals surface area contributed by atoms with Gasteiger partial charge in [-0.15, -0.1) is 0 Å². The molecule has 4 amide bonds. The molecule has 7 aromatic carbocycles. The lowest BCUT2D eigenvalue weighted by molar-refractivity contribution is 0.0877. The van der Waals surface area contributed by atoms with E-state index in [2.05, 4.69) is 19.9 Å². The van der Waals surface area contributed by atoms with Crippen LogP contribution in [0.15, 0.2) is 219 Å². The molecule has 0 aliphatic carbocycles. The normalized spacial score (nSPS) is 13.2. The smallest absolute Gasteiger partial charge is 0.265 e. The Morgan fingerprint density at radius 2 is 0.538 bits per heavy atom. The third kappa shape index (κ3) is 6.87. The van der Waals surface area contributed by atoms with Crippen molar-refractivity contribution in [1.29, 1.82) is 0 Å². The van der Waals surface area contributed by atoms with Crippen molar-refractivity contribution in [2.45, 2.75) is 0 Å². The highest BCUT2D eigenvalue weighted by atomic mass is 16.2. The molecule has 15 rings (SSSR count). The summed E-state index contributed by atoms with van der Waals surface area (Å²) in [4.78, 5) is 89.3. The summed E-state index contributed by atoms with van der Waals surface area (Å²) in [5.41, 5.74) is 11.5. The number of carbonyl (C=O) groups is 4. The predicted molar refractivity (Wildman–Crippen MR) is 302 cm³/mol. The summed E-state index contributed by atoms with van der Waals surface area (Å²) >= 11 is 0. The molecule has 0 atom stereocenters. The first kappa shape index (κ1) is 44.5. The zero-order valence-electron chi connectivity index (χ0n) is 41.0. The van der Waals surface area contributed by atoms with Gasteiger partial charge in [0.05, 0.1) is 56.9 Å². The van der Waals surface area contributed by atoms with Gasteiger partial charge >= 0.3 is 0 Å². The van der Waals surface area contributed by atoms with Crippen molar-refractivity contribution in [3.8, 4) is 67.8 Å². The Balaban J connectivity index is 0.766. The van der Waals surface area contributed by atoms with Gasteiger partial charge in [-0.05, 0) is 176 Å². The molecule has 0 spiro atoms. The first-order valence-electron chi connectivity index (χ1n) is 25.2. The molecule has 0 radical (unpaired) electrons. The van der Waals surface area contributed by atoms with Crippen molar-refractivity contribution in [2.75, 3.05) is 9.80 Å². The molecule has 0 saturated heterocycles. The Morgan fingerprint density at radius 1 is 0.256 bits per heavy atom. The van der Waals surface area contributed by atoms with Gasteiger partial charge in [-0.3, -0.25) is 39.1 Å². The summed E-state index contributed by atoms with van der Waals surface area (Å²) in [6.45, 7) is 0. The number of nitrogens with zero attached hydrogens (tertiary/aromatic N) is 8. The number of imide groups is 2. The van der Waals surface area contributed by atoms with Crippen LogP contribution in [0.4, 0.5) is 11.4 Å². The van der Waals surface area contributed by atoms with Gasteiger partial charge in [-0.2, -0.15) is 0 Å².